The van der Waals surface area contributed by atoms with Crippen LogP contribution in [0.25, 0.3) is 0 Å². The number of aromatic nitrogens is 2. The van der Waals surface area contributed by atoms with Gasteiger partial charge in [0.25, 0.3) is 0 Å². The van der Waals surface area contributed by atoms with Gasteiger partial charge in [0.15, 0.2) is 5.82 Å². The summed E-state index contributed by atoms with van der Waals surface area (Å²) in [4.78, 5) is 2.10. The number of nitrogens with zero attached hydrogens (tertiary/aromatic N) is 3. The Labute approximate surface area is 113 Å². The monoisotopic (exact) mass is 263 g/mol. The van der Waals surface area contributed by atoms with Gasteiger partial charge in [0, 0.05) is 13.1 Å². The fourth-order valence-corrected chi connectivity index (χ4v) is 2.34. The standard InChI is InChI=1S/C13H21N5O/c1-8-9(2)16-17-12(10(8)11(14)15)18-5-6-19-13(3,4)7-18/h5-7H2,1-4H3,(H3,14,15). The molecule has 0 saturated carbocycles. The largest absolute Gasteiger partial charge is 0.384 e. The molecule has 0 aromatic carbocycles. The Balaban J connectivity index is 2.45. The van der Waals surface area contributed by atoms with Gasteiger partial charge in [-0.2, -0.15) is 5.10 Å². The summed E-state index contributed by atoms with van der Waals surface area (Å²) in [6, 6.07) is 0. The van der Waals surface area contributed by atoms with Gasteiger partial charge in [-0.1, -0.05) is 0 Å². The smallest absolute Gasteiger partial charge is 0.162 e. The lowest BCUT2D eigenvalue weighted by Crippen LogP contribution is -2.49. The normalized spacial score (nSPS) is 18.4. The molecule has 1 aromatic heterocycles. The minimum Gasteiger partial charge on any atom is -0.384 e. The predicted octanol–water partition coefficient (Wildman–Crippen LogP) is 0.993. The number of anilines is 1. The van der Waals surface area contributed by atoms with Crippen molar-refractivity contribution in [2.24, 2.45) is 5.73 Å². The quantitative estimate of drug-likeness (QED) is 0.613. The van der Waals surface area contributed by atoms with Crippen molar-refractivity contribution in [3.05, 3.63) is 16.8 Å². The van der Waals surface area contributed by atoms with Crippen LogP contribution in [0.2, 0.25) is 0 Å². The second kappa shape index (κ2) is 4.77. The Kier molecular flexibility index (Phi) is 3.45. The molecule has 0 aliphatic carbocycles. The molecule has 1 aliphatic rings. The molecule has 2 rings (SSSR count). The summed E-state index contributed by atoms with van der Waals surface area (Å²) in [6.45, 7) is 9.98. The van der Waals surface area contributed by atoms with Gasteiger partial charge in [-0.25, -0.2) is 0 Å². The fraction of sp³-hybridized carbons (Fsp3) is 0.615. The van der Waals surface area contributed by atoms with Crippen LogP contribution in [0, 0.1) is 19.3 Å². The molecule has 0 spiro atoms. The van der Waals surface area contributed by atoms with E-state index in [0.29, 0.717) is 24.5 Å². The maximum absolute atomic E-state index is 7.78. The number of hydrogen-bond donors (Lipinski definition) is 2. The topological polar surface area (TPSA) is 88.1 Å². The molecule has 6 heteroatoms. The number of rotatable bonds is 2. The van der Waals surface area contributed by atoms with Crippen molar-refractivity contribution in [3.8, 4) is 0 Å². The molecule has 1 fully saturated rings. The highest BCUT2D eigenvalue weighted by Crippen LogP contribution is 2.26. The molecule has 0 amide bonds. The molecule has 3 N–H and O–H groups in total. The van der Waals surface area contributed by atoms with Gasteiger partial charge < -0.3 is 15.4 Å². The third-order valence-electron chi connectivity index (χ3n) is 3.43. The van der Waals surface area contributed by atoms with E-state index >= 15 is 0 Å². The van der Waals surface area contributed by atoms with E-state index in [0.717, 1.165) is 17.8 Å². The van der Waals surface area contributed by atoms with Gasteiger partial charge in [0.2, 0.25) is 0 Å². The summed E-state index contributed by atoms with van der Waals surface area (Å²) in [5.41, 5.74) is 7.90. The van der Waals surface area contributed by atoms with Crippen LogP contribution in [-0.4, -0.2) is 41.3 Å². The molecule has 0 radical (unpaired) electrons. The highest BCUT2D eigenvalue weighted by molar-refractivity contribution is 6.01. The first kappa shape index (κ1) is 13.7. The highest BCUT2D eigenvalue weighted by atomic mass is 16.5. The predicted molar refractivity (Wildman–Crippen MR) is 74.8 cm³/mol. The van der Waals surface area contributed by atoms with Gasteiger partial charge in [0.05, 0.1) is 23.5 Å². The van der Waals surface area contributed by atoms with E-state index in [2.05, 4.69) is 15.1 Å². The van der Waals surface area contributed by atoms with Crippen LogP contribution in [0.1, 0.15) is 30.7 Å². The number of morpholine rings is 1. The summed E-state index contributed by atoms with van der Waals surface area (Å²) in [7, 11) is 0. The number of nitrogen functional groups attached to an aromatic ring is 1. The summed E-state index contributed by atoms with van der Waals surface area (Å²) < 4.78 is 5.70. The lowest BCUT2D eigenvalue weighted by Gasteiger charge is -2.39. The molecule has 104 valence electrons. The summed E-state index contributed by atoms with van der Waals surface area (Å²) in [6.07, 6.45) is 0. The molecule has 0 bridgehead atoms. The lowest BCUT2D eigenvalue weighted by atomic mass is 10.0. The summed E-state index contributed by atoms with van der Waals surface area (Å²) in [5, 5.41) is 16.2. The Morgan fingerprint density at radius 1 is 1.37 bits per heavy atom. The van der Waals surface area contributed by atoms with Crippen LogP contribution in [0.15, 0.2) is 0 Å². The molecular weight excluding hydrogens is 242 g/mol. The minimum atomic E-state index is -0.229. The van der Waals surface area contributed by atoms with Crippen LogP contribution in [0.5, 0.6) is 0 Å². The van der Waals surface area contributed by atoms with Crippen molar-refractivity contribution >= 4 is 11.7 Å². The minimum absolute atomic E-state index is 0.0368. The van der Waals surface area contributed by atoms with Crippen molar-refractivity contribution in [1.82, 2.24) is 10.2 Å². The Morgan fingerprint density at radius 2 is 2.05 bits per heavy atom. The zero-order valence-corrected chi connectivity index (χ0v) is 11.9. The maximum atomic E-state index is 7.78. The van der Waals surface area contributed by atoms with E-state index in [1.54, 1.807) is 0 Å². The van der Waals surface area contributed by atoms with Gasteiger partial charge in [-0.3, -0.25) is 5.41 Å². The van der Waals surface area contributed by atoms with Gasteiger partial charge in [0.1, 0.15) is 5.84 Å². The average molecular weight is 263 g/mol. The first-order valence-electron chi connectivity index (χ1n) is 6.39. The lowest BCUT2D eigenvalue weighted by molar-refractivity contribution is -0.0279. The van der Waals surface area contributed by atoms with E-state index in [1.165, 1.54) is 0 Å². The zero-order valence-electron chi connectivity index (χ0n) is 11.9. The van der Waals surface area contributed by atoms with Crippen molar-refractivity contribution in [1.29, 1.82) is 5.41 Å². The molecule has 19 heavy (non-hydrogen) atoms. The Bertz CT molecular complexity index is 512. The fourth-order valence-electron chi connectivity index (χ4n) is 2.34. The van der Waals surface area contributed by atoms with Gasteiger partial charge in [-0.05, 0) is 33.3 Å². The molecule has 2 heterocycles. The van der Waals surface area contributed by atoms with Crippen molar-refractivity contribution in [2.75, 3.05) is 24.6 Å². The third-order valence-corrected chi connectivity index (χ3v) is 3.43. The van der Waals surface area contributed by atoms with Crippen LogP contribution in [-0.2, 0) is 4.74 Å². The number of aryl methyl sites for hydroxylation is 1. The van der Waals surface area contributed by atoms with Crippen molar-refractivity contribution in [3.63, 3.8) is 0 Å². The molecule has 1 aromatic rings. The van der Waals surface area contributed by atoms with Crippen LogP contribution in [0.4, 0.5) is 5.82 Å². The van der Waals surface area contributed by atoms with E-state index in [1.807, 2.05) is 27.7 Å². The highest BCUT2D eigenvalue weighted by Gasteiger charge is 2.30. The summed E-state index contributed by atoms with van der Waals surface area (Å²) >= 11 is 0. The van der Waals surface area contributed by atoms with E-state index in [9.17, 15) is 0 Å². The molecule has 1 saturated heterocycles. The Morgan fingerprint density at radius 3 is 2.63 bits per heavy atom. The van der Waals surface area contributed by atoms with Crippen LogP contribution in [0.3, 0.4) is 0 Å². The van der Waals surface area contributed by atoms with Gasteiger partial charge in [-0.15, -0.1) is 5.10 Å². The molecule has 0 unspecified atom stereocenters. The first-order valence-corrected chi connectivity index (χ1v) is 6.39. The molecule has 0 atom stereocenters. The third kappa shape index (κ3) is 2.68. The van der Waals surface area contributed by atoms with Crippen LogP contribution >= 0.6 is 0 Å². The summed E-state index contributed by atoms with van der Waals surface area (Å²) in [5.74, 6) is 0.724. The molecular formula is C13H21N5O. The molecule has 1 aliphatic heterocycles. The molecule has 6 nitrogen and oxygen atoms in total. The van der Waals surface area contributed by atoms with Gasteiger partial charge >= 0.3 is 0 Å². The van der Waals surface area contributed by atoms with Crippen LogP contribution < -0.4 is 10.6 Å². The number of amidine groups is 1. The number of nitrogens with one attached hydrogen (secondary N) is 1. The second-order valence-electron chi connectivity index (χ2n) is 5.55. The number of hydrogen-bond acceptors (Lipinski definition) is 5. The van der Waals surface area contributed by atoms with E-state index in [4.69, 9.17) is 15.9 Å². The van der Waals surface area contributed by atoms with Crippen molar-refractivity contribution in [2.45, 2.75) is 33.3 Å². The maximum Gasteiger partial charge on any atom is 0.162 e. The van der Waals surface area contributed by atoms with Crippen molar-refractivity contribution < 1.29 is 4.74 Å². The Hall–Kier alpha value is -1.69. The average Bonchev–Trinajstić information content (AvgIpc) is 2.30. The van der Waals surface area contributed by atoms with E-state index in [-0.39, 0.29) is 11.4 Å². The second-order valence-corrected chi connectivity index (χ2v) is 5.55. The SMILES string of the molecule is Cc1nnc(N2CCOC(C)(C)C2)c(C(=N)N)c1C. The number of nitrogens with two attached hydrogens (primary N) is 1. The van der Waals surface area contributed by atoms with E-state index < -0.39 is 0 Å². The zero-order chi connectivity index (χ0) is 14.2. The first-order chi connectivity index (χ1) is 8.82. The number of ether oxygens (including phenoxy) is 1.